The second-order valence-corrected chi connectivity index (χ2v) is 3.34. The van der Waals surface area contributed by atoms with Gasteiger partial charge in [-0.05, 0) is 24.3 Å². The molecule has 2 rings (SSSR count). The summed E-state index contributed by atoms with van der Waals surface area (Å²) in [5.41, 5.74) is 7.16. The Morgan fingerprint density at radius 3 is 2.17 bits per heavy atom. The summed E-state index contributed by atoms with van der Waals surface area (Å²) in [6.07, 6.45) is 2.34. The number of hydrogen-bond donors (Lipinski definition) is 1. The van der Waals surface area contributed by atoms with E-state index in [9.17, 15) is 0 Å². The number of hydrogen-bond acceptors (Lipinski definition) is 1. The average Bonchev–Trinajstić information content (AvgIpc) is 2.01. The first-order chi connectivity index (χ1) is 5.36. The Morgan fingerprint density at radius 1 is 1.08 bits per heavy atom. The molecule has 0 heterocycles. The molecule has 1 aromatic rings. The van der Waals surface area contributed by atoms with Crippen molar-refractivity contribution in [3.63, 3.8) is 0 Å². The van der Waals surface area contributed by atoms with Crippen LogP contribution in [0.2, 0.25) is 0 Å². The minimum atomic E-state index is 0. The maximum atomic E-state index is 5.71. The van der Waals surface area contributed by atoms with E-state index in [2.05, 4.69) is 30.3 Å². The maximum Gasteiger partial charge on any atom is 0.00504 e. The van der Waals surface area contributed by atoms with Gasteiger partial charge in [-0.2, -0.15) is 0 Å². The molecule has 0 saturated heterocycles. The largest absolute Gasteiger partial charge is 0.328 e. The zero-order valence-electron chi connectivity index (χ0n) is 6.94. The minimum Gasteiger partial charge on any atom is -0.328 e. The second-order valence-electron chi connectivity index (χ2n) is 3.34. The molecule has 0 aromatic heterocycles. The Kier molecular flexibility index (Phi) is 3.12. The fraction of sp³-hybridized carbons (Fsp3) is 0.400. The highest BCUT2D eigenvalue weighted by atomic mass is 35.5. The topological polar surface area (TPSA) is 26.0 Å². The van der Waals surface area contributed by atoms with Crippen LogP contribution in [0.3, 0.4) is 0 Å². The highest BCUT2D eigenvalue weighted by Gasteiger charge is 2.26. The molecule has 1 nitrogen and oxygen atoms in total. The van der Waals surface area contributed by atoms with Crippen LogP contribution in [0, 0.1) is 0 Å². The van der Waals surface area contributed by atoms with Gasteiger partial charge in [-0.25, -0.2) is 0 Å². The molecular weight excluding hydrogens is 170 g/mol. The Labute approximate surface area is 79.4 Å². The van der Waals surface area contributed by atoms with Crippen molar-refractivity contribution in [2.24, 2.45) is 5.73 Å². The molecule has 2 N–H and O–H groups in total. The van der Waals surface area contributed by atoms with Gasteiger partial charge < -0.3 is 5.73 Å². The first-order valence-corrected chi connectivity index (χ1v) is 4.17. The van der Waals surface area contributed by atoms with Gasteiger partial charge in [-0.15, -0.1) is 12.4 Å². The predicted octanol–water partition coefficient (Wildman–Crippen LogP) is 2.31. The van der Waals surface area contributed by atoms with Gasteiger partial charge in [0.15, 0.2) is 0 Å². The Morgan fingerprint density at radius 2 is 1.67 bits per heavy atom. The minimum absolute atomic E-state index is 0. The first kappa shape index (κ1) is 9.56. The van der Waals surface area contributed by atoms with E-state index in [0.29, 0.717) is 6.04 Å². The van der Waals surface area contributed by atoms with E-state index in [4.69, 9.17) is 5.73 Å². The molecule has 1 fully saturated rings. The van der Waals surface area contributed by atoms with Crippen molar-refractivity contribution in [3.05, 3.63) is 35.9 Å². The highest BCUT2D eigenvalue weighted by Crippen LogP contribution is 2.35. The average molecular weight is 184 g/mol. The molecule has 1 aliphatic carbocycles. The summed E-state index contributed by atoms with van der Waals surface area (Å²) >= 11 is 0. The lowest BCUT2D eigenvalue weighted by atomic mass is 9.76. The highest BCUT2D eigenvalue weighted by molar-refractivity contribution is 5.85. The SMILES string of the molecule is Cl.NC1CC(c2ccccc2)C1. The van der Waals surface area contributed by atoms with Gasteiger partial charge in [-0.1, -0.05) is 30.3 Å². The summed E-state index contributed by atoms with van der Waals surface area (Å²) in [5.74, 6) is 0.742. The zero-order valence-corrected chi connectivity index (χ0v) is 7.76. The van der Waals surface area contributed by atoms with E-state index in [1.807, 2.05) is 0 Å². The van der Waals surface area contributed by atoms with Crippen LogP contribution in [0.5, 0.6) is 0 Å². The predicted molar refractivity (Wildman–Crippen MR) is 53.6 cm³/mol. The van der Waals surface area contributed by atoms with Crippen LogP contribution in [0.15, 0.2) is 30.3 Å². The third kappa shape index (κ3) is 1.79. The number of nitrogens with two attached hydrogens (primary N) is 1. The summed E-state index contributed by atoms with van der Waals surface area (Å²) in [6, 6.07) is 11.1. The molecular formula is C10H14ClN. The number of halogens is 1. The van der Waals surface area contributed by atoms with Crippen LogP contribution in [-0.2, 0) is 0 Å². The van der Waals surface area contributed by atoms with Gasteiger partial charge in [0.25, 0.3) is 0 Å². The van der Waals surface area contributed by atoms with E-state index in [1.165, 1.54) is 18.4 Å². The molecule has 0 bridgehead atoms. The van der Waals surface area contributed by atoms with Crippen LogP contribution in [0.25, 0.3) is 0 Å². The third-order valence-corrected chi connectivity index (χ3v) is 2.45. The first-order valence-electron chi connectivity index (χ1n) is 4.17. The summed E-state index contributed by atoms with van der Waals surface area (Å²) in [7, 11) is 0. The third-order valence-electron chi connectivity index (χ3n) is 2.45. The molecule has 0 amide bonds. The Bertz CT molecular complexity index is 229. The molecule has 0 spiro atoms. The number of rotatable bonds is 1. The lowest BCUT2D eigenvalue weighted by Crippen LogP contribution is -2.34. The molecule has 2 heteroatoms. The summed E-state index contributed by atoms with van der Waals surface area (Å²) in [6.45, 7) is 0. The number of benzene rings is 1. The van der Waals surface area contributed by atoms with E-state index in [-0.39, 0.29) is 12.4 Å². The molecule has 0 radical (unpaired) electrons. The summed E-state index contributed by atoms with van der Waals surface area (Å²) in [4.78, 5) is 0. The maximum absolute atomic E-state index is 5.71. The van der Waals surface area contributed by atoms with Crippen LogP contribution in [0.1, 0.15) is 24.3 Å². The lowest BCUT2D eigenvalue weighted by molar-refractivity contribution is 0.351. The molecule has 0 unspecified atom stereocenters. The Hall–Kier alpha value is -0.530. The van der Waals surface area contributed by atoms with Crippen molar-refractivity contribution < 1.29 is 0 Å². The monoisotopic (exact) mass is 183 g/mol. The van der Waals surface area contributed by atoms with Crippen LogP contribution < -0.4 is 5.73 Å². The smallest absolute Gasteiger partial charge is 0.00504 e. The molecule has 66 valence electrons. The normalized spacial score (nSPS) is 27.1. The van der Waals surface area contributed by atoms with Crippen LogP contribution >= 0.6 is 12.4 Å². The van der Waals surface area contributed by atoms with Gasteiger partial charge in [0.1, 0.15) is 0 Å². The van der Waals surface area contributed by atoms with Gasteiger partial charge in [0, 0.05) is 6.04 Å². The van der Waals surface area contributed by atoms with Crippen molar-refractivity contribution in [2.45, 2.75) is 24.8 Å². The van der Waals surface area contributed by atoms with Gasteiger partial charge >= 0.3 is 0 Å². The molecule has 1 saturated carbocycles. The lowest BCUT2D eigenvalue weighted by Gasteiger charge is -2.32. The van der Waals surface area contributed by atoms with Crippen molar-refractivity contribution in [2.75, 3.05) is 0 Å². The summed E-state index contributed by atoms with van der Waals surface area (Å²) in [5, 5.41) is 0. The van der Waals surface area contributed by atoms with Crippen molar-refractivity contribution in [3.8, 4) is 0 Å². The molecule has 0 aliphatic heterocycles. The fourth-order valence-electron chi connectivity index (χ4n) is 1.66. The van der Waals surface area contributed by atoms with Crippen molar-refractivity contribution >= 4 is 12.4 Å². The van der Waals surface area contributed by atoms with E-state index >= 15 is 0 Å². The standard InChI is InChI=1S/C10H13N.ClH/c11-10-6-9(7-10)8-4-2-1-3-5-8;/h1-5,9-10H,6-7,11H2;1H. The summed E-state index contributed by atoms with van der Waals surface area (Å²) < 4.78 is 0. The zero-order chi connectivity index (χ0) is 7.68. The van der Waals surface area contributed by atoms with Crippen molar-refractivity contribution in [1.29, 1.82) is 0 Å². The van der Waals surface area contributed by atoms with Crippen LogP contribution in [0.4, 0.5) is 0 Å². The molecule has 1 aromatic carbocycles. The second kappa shape index (κ2) is 3.92. The molecule has 0 atom stereocenters. The van der Waals surface area contributed by atoms with Gasteiger partial charge in [0.2, 0.25) is 0 Å². The fourth-order valence-corrected chi connectivity index (χ4v) is 1.66. The van der Waals surface area contributed by atoms with Crippen molar-refractivity contribution in [1.82, 2.24) is 0 Å². The van der Waals surface area contributed by atoms with Gasteiger partial charge in [0.05, 0.1) is 0 Å². The van der Waals surface area contributed by atoms with E-state index in [0.717, 1.165) is 5.92 Å². The van der Waals surface area contributed by atoms with E-state index in [1.54, 1.807) is 0 Å². The van der Waals surface area contributed by atoms with Crippen LogP contribution in [-0.4, -0.2) is 6.04 Å². The van der Waals surface area contributed by atoms with Gasteiger partial charge in [-0.3, -0.25) is 0 Å². The molecule has 1 aliphatic rings. The Balaban J connectivity index is 0.000000720. The molecule has 12 heavy (non-hydrogen) atoms. The quantitative estimate of drug-likeness (QED) is 0.711. The van der Waals surface area contributed by atoms with E-state index < -0.39 is 0 Å².